The van der Waals surface area contributed by atoms with Crippen LogP contribution in [-0.2, 0) is 16.0 Å². The van der Waals surface area contributed by atoms with E-state index < -0.39 is 24.0 Å². The summed E-state index contributed by atoms with van der Waals surface area (Å²) in [6.07, 6.45) is -0.675. The van der Waals surface area contributed by atoms with Gasteiger partial charge in [0.2, 0.25) is 5.91 Å². The summed E-state index contributed by atoms with van der Waals surface area (Å²) in [6.45, 7) is 0.107. The molecule has 1 aliphatic rings. The van der Waals surface area contributed by atoms with E-state index in [4.69, 9.17) is 10.5 Å². The van der Waals surface area contributed by atoms with Crippen LogP contribution in [0.5, 0.6) is 0 Å². The van der Waals surface area contributed by atoms with Crippen molar-refractivity contribution in [3.63, 3.8) is 0 Å². The predicted octanol–water partition coefficient (Wildman–Crippen LogP) is 4.99. The van der Waals surface area contributed by atoms with Crippen LogP contribution in [0.15, 0.2) is 97.1 Å². The highest BCUT2D eigenvalue weighted by Crippen LogP contribution is 2.44. The van der Waals surface area contributed by atoms with E-state index in [1.54, 1.807) is 24.3 Å². The lowest BCUT2D eigenvalue weighted by Gasteiger charge is -2.17. The molecule has 0 bridgehead atoms. The summed E-state index contributed by atoms with van der Waals surface area (Å²) >= 11 is 0. The Morgan fingerprint density at radius 3 is 1.84 bits per heavy atom. The number of carbonyl (C=O) groups is 3. The van der Waals surface area contributed by atoms with Crippen LogP contribution in [-0.4, -0.2) is 35.7 Å². The van der Waals surface area contributed by atoms with Gasteiger partial charge in [0.1, 0.15) is 12.6 Å². The number of carboxylic acid groups (broad SMARTS) is 1. The number of primary amides is 1. The number of carboxylic acids is 1. The third-order valence-corrected chi connectivity index (χ3v) is 6.83. The van der Waals surface area contributed by atoms with Gasteiger partial charge in [0.25, 0.3) is 0 Å². The van der Waals surface area contributed by atoms with Gasteiger partial charge in [0.05, 0.1) is 0 Å². The second kappa shape index (κ2) is 10.6. The molecule has 0 heterocycles. The molecule has 4 aromatic rings. The van der Waals surface area contributed by atoms with Gasteiger partial charge in [0.15, 0.2) is 0 Å². The maximum atomic E-state index is 12.6. The van der Waals surface area contributed by atoms with Crippen molar-refractivity contribution >= 4 is 18.0 Å². The maximum absolute atomic E-state index is 12.6. The molecule has 0 spiro atoms. The molecule has 0 aromatic heterocycles. The Morgan fingerprint density at radius 2 is 1.32 bits per heavy atom. The van der Waals surface area contributed by atoms with E-state index in [9.17, 15) is 19.5 Å². The lowest BCUT2D eigenvalue weighted by Crippen LogP contribution is -2.42. The Bertz CT molecular complexity index is 1450. The standard InChI is InChI=1S/C31H26N2O5/c32-29(34)22-15-13-21(14-16-22)20-11-9-19(10-12-20)17-28(30(35)36)33-31(37)38-18-27-25-7-3-1-5-23(25)24-6-2-4-8-26(24)27/h1-16,27-28H,17-18H2,(H2,32,34)(H,33,37)(H,35,36)/t28-/m0/s1. The molecule has 7 nitrogen and oxygen atoms in total. The van der Waals surface area contributed by atoms with Gasteiger partial charge in [-0.2, -0.15) is 0 Å². The fourth-order valence-corrected chi connectivity index (χ4v) is 4.88. The van der Waals surface area contributed by atoms with Gasteiger partial charge in [-0.15, -0.1) is 0 Å². The number of nitrogens with one attached hydrogen (secondary N) is 1. The van der Waals surface area contributed by atoms with Gasteiger partial charge in [-0.25, -0.2) is 9.59 Å². The summed E-state index contributed by atoms with van der Waals surface area (Å²) < 4.78 is 5.52. The van der Waals surface area contributed by atoms with Crippen molar-refractivity contribution in [3.8, 4) is 22.3 Å². The number of carbonyl (C=O) groups excluding carboxylic acids is 2. The molecular formula is C31H26N2O5. The molecule has 1 atom stereocenters. The molecule has 0 saturated carbocycles. The van der Waals surface area contributed by atoms with Crippen LogP contribution >= 0.6 is 0 Å². The monoisotopic (exact) mass is 506 g/mol. The number of amides is 2. The highest BCUT2D eigenvalue weighted by molar-refractivity contribution is 5.93. The Hall–Kier alpha value is -4.91. The summed E-state index contributed by atoms with van der Waals surface area (Å²) in [5, 5.41) is 12.2. The predicted molar refractivity (Wildman–Crippen MR) is 144 cm³/mol. The SMILES string of the molecule is NC(=O)c1ccc(-c2ccc(C[C@H](NC(=O)OCC3c4ccccc4-c4ccccc43)C(=O)O)cc2)cc1. The van der Waals surface area contributed by atoms with Gasteiger partial charge in [-0.1, -0.05) is 84.9 Å². The minimum Gasteiger partial charge on any atom is -0.480 e. The molecule has 1 aliphatic carbocycles. The Balaban J connectivity index is 1.21. The van der Waals surface area contributed by atoms with E-state index in [2.05, 4.69) is 17.4 Å². The average molecular weight is 507 g/mol. The van der Waals surface area contributed by atoms with Gasteiger partial charge >= 0.3 is 12.1 Å². The first kappa shape index (κ1) is 24.8. The number of hydrogen-bond donors (Lipinski definition) is 3. The number of alkyl carbamates (subject to hydrolysis) is 1. The molecule has 0 unspecified atom stereocenters. The number of fused-ring (bicyclic) bond motifs is 3. The van der Waals surface area contributed by atoms with Gasteiger partial charge in [-0.3, -0.25) is 4.79 Å². The van der Waals surface area contributed by atoms with E-state index in [0.717, 1.165) is 38.9 Å². The molecule has 38 heavy (non-hydrogen) atoms. The van der Waals surface area contributed by atoms with E-state index in [-0.39, 0.29) is 18.9 Å². The van der Waals surface area contributed by atoms with Crippen molar-refractivity contribution in [1.29, 1.82) is 0 Å². The smallest absolute Gasteiger partial charge is 0.407 e. The topological polar surface area (TPSA) is 119 Å². The molecule has 0 aliphatic heterocycles. The first-order valence-corrected chi connectivity index (χ1v) is 12.2. The summed E-state index contributed by atoms with van der Waals surface area (Å²) in [6, 6.07) is 29.1. The molecular weight excluding hydrogens is 480 g/mol. The fraction of sp³-hybridized carbons (Fsp3) is 0.129. The van der Waals surface area contributed by atoms with Crippen LogP contribution in [0.25, 0.3) is 22.3 Å². The van der Waals surface area contributed by atoms with Crippen molar-refractivity contribution in [1.82, 2.24) is 5.32 Å². The number of nitrogens with two attached hydrogens (primary N) is 1. The van der Waals surface area contributed by atoms with Crippen molar-refractivity contribution in [3.05, 3.63) is 119 Å². The third kappa shape index (κ3) is 5.13. The second-order valence-corrected chi connectivity index (χ2v) is 9.20. The Labute approximate surface area is 219 Å². The van der Waals surface area contributed by atoms with Crippen LogP contribution in [0.2, 0.25) is 0 Å². The van der Waals surface area contributed by atoms with Gasteiger partial charge < -0.3 is 20.9 Å². The minimum atomic E-state index is -1.15. The highest BCUT2D eigenvalue weighted by atomic mass is 16.5. The number of rotatable bonds is 8. The summed E-state index contributed by atoms with van der Waals surface area (Å²) in [7, 11) is 0. The second-order valence-electron chi connectivity index (χ2n) is 9.20. The quantitative estimate of drug-likeness (QED) is 0.311. The van der Waals surface area contributed by atoms with Gasteiger partial charge in [-0.05, 0) is 51.1 Å². The van der Waals surface area contributed by atoms with E-state index in [0.29, 0.717) is 5.56 Å². The zero-order valence-electron chi connectivity index (χ0n) is 20.5. The third-order valence-electron chi connectivity index (χ3n) is 6.83. The first-order chi connectivity index (χ1) is 18.4. The largest absolute Gasteiger partial charge is 0.480 e. The molecule has 190 valence electrons. The van der Waals surface area contributed by atoms with Gasteiger partial charge in [0, 0.05) is 17.9 Å². The van der Waals surface area contributed by atoms with Crippen molar-refractivity contribution in [2.75, 3.05) is 6.61 Å². The van der Waals surface area contributed by atoms with E-state index in [1.165, 1.54) is 0 Å². The fourth-order valence-electron chi connectivity index (χ4n) is 4.88. The lowest BCUT2D eigenvalue weighted by atomic mass is 9.98. The molecule has 0 radical (unpaired) electrons. The Morgan fingerprint density at radius 1 is 0.789 bits per heavy atom. The zero-order chi connectivity index (χ0) is 26.6. The van der Waals surface area contributed by atoms with Crippen LogP contribution in [0, 0.1) is 0 Å². The summed E-state index contributed by atoms with van der Waals surface area (Å²) in [5.41, 5.74) is 12.7. The van der Waals surface area contributed by atoms with Crippen LogP contribution in [0.3, 0.4) is 0 Å². The van der Waals surface area contributed by atoms with Crippen LogP contribution in [0.4, 0.5) is 4.79 Å². The minimum absolute atomic E-state index is 0.0976. The molecule has 0 fully saturated rings. The molecule has 4 aromatic carbocycles. The summed E-state index contributed by atoms with van der Waals surface area (Å²) in [5.74, 6) is -1.75. The van der Waals surface area contributed by atoms with E-state index in [1.807, 2.05) is 60.7 Å². The maximum Gasteiger partial charge on any atom is 0.407 e. The van der Waals surface area contributed by atoms with Crippen LogP contribution < -0.4 is 11.1 Å². The summed E-state index contributed by atoms with van der Waals surface area (Å²) in [4.78, 5) is 35.8. The van der Waals surface area contributed by atoms with E-state index >= 15 is 0 Å². The molecule has 7 heteroatoms. The van der Waals surface area contributed by atoms with Crippen molar-refractivity contribution in [2.45, 2.75) is 18.4 Å². The molecule has 5 rings (SSSR count). The average Bonchev–Trinajstić information content (AvgIpc) is 3.25. The highest BCUT2D eigenvalue weighted by Gasteiger charge is 2.29. The Kier molecular flexibility index (Phi) is 6.91. The number of ether oxygens (including phenoxy) is 1. The normalized spacial score (nSPS) is 12.7. The zero-order valence-corrected chi connectivity index (χ0v) is 20.5. The van der Waals surface area contributed by atoms with Crippen molar-refractivity contribution < 1.29 is 24.2 Å². The molecule has 0 saturated heterocycles. The number of benzene rings is 4. The lowest BCUT2D eigenvalue weighted by molar-refractivity contribution is -0.139. The van der Waals surface area contributed by atoms with Crippen LogP contribution in [0.1, 0.15) is 33.0 Å². The van der Waals surface area contributed by atoms with Crippen molar-refractivity contribution in [2.24, 2.45) is 5.73 Å². The molecule has 2 amide bonds. The molecule has 4 N–H and O–H groups in total. The first-order valence-electron chi connectivity index (χ1n) is 12.2. The number of hydrogen-bond acceptors (Lipinski definition) is 4. The number of aliphatic carboxylic acids is 1.